The lowest BCUT2D eigenvalue weighted by Gasteiger charge is -2.09. The summed E-state index contributed by atoms with van der Waals surface area (Å²) in [5, 5.41) is 0. The van der Waals surface area contributed by atoms with Crippen LogP contribution < -0.4 is 5.73 Å². The number of aromatic nitrogens is 1. The third-order valence-corrected chi connectivity index (χ3v) is 2.42. The fourth-order valence-electron chi connectivity index (χ4n) is 1.66. The number of carbonyl (C=O) groups is 1. The van der Waals surface area contributed by atoms with E-state index in [1.807, 2.05) is 0 Å². The van der Waals surface area contributed by atoms with Gasteiger partial charge in [0.25, 0.3) is 0 Å². The van der Waals surface area contributed by atoms with Crippen molar-refractivity contribution < 1.29 is 4.79 Å². The molecule has 1 atom stereocenters. The van der Waals surface area contributed by atoms with Crippen LogP contribution in [0, 0.1) is 5.92 Å². The normalized spacial score (nSPS) is 12.4. The predicted octanol–water partition coefficient (Wildman–Crippen LogP) is 2.67. The fraction of sp³-hybridized carbons (Fsp3) is 0.500. The van der Waals surface area contributed by atoms with Crippen molar-refractivity contribution >= 4 is 11.5 Å². The summed E-state index contributed by atoms with van der Waals surface area (Å²) in [5.41, 5.74) is 6.58. The third kappa shape index (κ3) is 3.35. The van der Waals surface area contributed by atoms with Crippen LogP contribution >= 0.6 is 0 Å². The molecule has 0 radical (unpaired) electrons. The summed E-state index contributed by atoms with van der Waals surface area (Å²) in [7, 11) is 0. The van der Waals surface area contributed by atoms with E-state index in [9.17, 15) is 4.79 Å². The Bertz CT molecular complexity index is 336. The second kappa shape index (κ2) is 5.49. The minimum Gasteiger partial charge on any atom is -0.397 e. The Kier molecular flexibility index (Phi) is 4.28. The number of carbonyl (C=O) groups excluding carboxylic acids is 1. The van der Waals surface area contributed by atoms with Gasteiger partial charge in [-0.3, -0.25) is 9.78 Å². The molecule has 0 fully saturated rings. The molecule has 0 spiro atoms. The van der Waals surface area contributed by atoms with Gasteiger partial charge in [-0.1, -0.05) is 26.7 Å². The highest BCUT2D eigenvalue weighted by Gasteiger charge is 2.13. The molecule has 2 N–H and O–H groups in total. The molecule has 82 valence electrons. The quantitative estimate of drug-likeness (QED) is 0.753. The van der Waals surface area contributed by atoms with Crippen LogP contribution in [0.4, 0.5) is 5.69 Å². The Morgan fingerprint density at radius 1 is 1.60 bits per heavy atom. The molecule has 1 aromatic heterocycles. The number of nitrogens with zero attached hydrogens (tertiary/aromatic N) is 1. The van der Waals surface area contributed by atoms with Gasteiger partial charge in [-0.25, -0.2) is 0 Å². The summed E-state index contributed by atoms with van der Waals surface area (Å²) in [5.74, 6) is 0.456. The lowest BCUT2D eigenvalue weighted by atomic mass is 9.98. The molecule has 0 aliphatic rings. The highest BCUT2D eigenvalue weighted by Crippen LogP contribution is 2.16. The van der Waals surface area contributed by atoms with Gasteiger partial charge in [-0.2, -0.15) is 0 Å². The highest BCUT2D eigenvalue weighted by molar-refractivity contribution is 5.98. The highest BCUT2D eigenvalue weighted by atomic mass is 16.1. The van der Waals surface area contributed by atoms with Crippen molar-refractivity contribution in [1.29, 1.82) is 0 Å². The first-order valence-corrected chi connectivity index (χ1v) is 5.38. The second-order valence-electron chi connectivity index (χ2n) is 3.96. The third-order valence-electron chi connectivity index (χ3n) is 2.42. The number of nitrogens with two attached hydrogens (primary N) is 1. The zero-order valence-electron chi connectivity index (χ0n) is 9.36. The van der Waals surface area contributed by atoms with E-state index in [1.165, 1.54) is 0 Å². The lowest BCUT2D eigenvalue weighted by Crippen LogP contribution is -2.10. The topological polar surface area (TPSA) is 56.0 Å². The smallest absolute Gasteiger partial charge is 0.183 e. The van der Waals surface area contributed by atoms with Gasteiger partial charge in [-0.05, 0) is 18.1 Å². The minimum absolute atomic E-state index is 0.0500. The molecule has 1 heterocycles. The van der Waals surface area contributed by atoms with Crippen molar-refractivity contribution in [1.82, 2.24) is 4.98 Å². The average Bonchev–Trinajstić information content (AvgIpc) is 2.18. The van der Waals surface area contributed by atoms with Crippen molar-refractivity contribution in [2.45, 2.75) is 33.1 Å². The van der Waals surface area contributed by atoms with Gasteiger partial charge in [0.2, 0.25) is 0 Å². The van der Waals surface area contributed by atoms with E-state index in [-0.39, 0.29) is 5.78 Å². The average molecular weight is 206 g/mol. The Hall–Kier alpha value is -1.38. The van der Waals surface area contributed by atoms with Crippen LogP contribution in [-0.4, -0.2) is 10.8 Å². The molecule has 0 bridgehead atoms. The van der Waals surface area contributed by atoms with E-state index in [0.717, 1.165) is 12.8 Å². The maximum Gasteiger partial charge on any atom is 0.183 e. The molecule has 1 rings (SSSR count). The zero-order chi connectivity index (χ0) is 11.3. The van der Waals surface area contributed by atoms with Crippen LogP contribution in [0.3, 0.4) is 0 Å². The largest absolute Gasteiger partial charge is 0.397 e. The second-order valence-corrected chi connectivity index (χ2v) is 3.96. The first kappa shape index (κ1) is 11.7. The van der Waals surface area contributed by atoms with E-state index in [1.54, 1.807) is 18.3 Å². The number of hydrogen-bond donors (Lipinski definition) is 1. The van der Waals surface area contributed by atoms with Crippen LogP contribution in [0.1, 0.15) is 43.6 Å². The maximum absolute atomic E-state index is 11.8. The van der Waals surface area contributed by atoms with Gasteiger partial charge in [0.05, 0.1) is 5.69 Å². The molecular weight excluding hydrogens is 188 g/mol. The van der Waals surface area contributed by atoms with E-state index < -0.39 is 0 Å². The summed E-state index contributed by atoms with van der Waals surface area (Å²) in [6, 6.07) is 3.45. The molecule has 1 unspecified atom stereocenters. The van der Waals surface area contributed by atoms with Crippen LogP contribution in [0.15, 0.2) is 18.3 Å². The Balaban J connectivity index is 2.65. The van der Waals surface area contributed by atoms with Gasteiger partial charge in [0.1, 0.15) is 5.69 Å². The van der Waals surface area contributed by atoms with Crippen molar-refractivity contribution in [3.05, 3.63) is 24.0 Å². The molecule has 15 heavy (non-hydrogen) atoms. The van der Waals surface area contributed by atoms with Crippen LogP contribution in [0.2, 0.25) is 0 Å². The number of hydrogen-bond acceptors (Lipinski definition) is 3. The summed E-state index contributed by atoms with van der Waals surface area (Å²) < 4.78 is 0. The molecule has 0 saturated heterocycles. The number of anilines is 1. The Labute approximate surface area is 90.7 Å². The molecule has 0 aromatic carbocycles. The van der Waals surface area contributed by atoms with Crippen molar-refractivity contribution in [3.8, 4) is 0 Å². The summed E-state index contributed by atoms with van der Waals surface area (Å²) in [6.45, 7) is 4.20. The van der Waals surface area contributed by atoms with Gasteiger partial charge in [0, 0.05) is 12.6 Å². The van der Waals surface area contributed by atoms with Gasteiger partial charge < -0.3 is 5.73 Å². The molecule has 0 amide bonds. The number of nitrogen functional groups attached to an aromatic ring is 1. The summed E-state index contributed by atoms with van der Waals surface area (Å²) >= 11 is 0. The summed E-state index contributed by atoms with van der Waals surface area (Å²) in [4.78, 5) is 15.8. The van der Waals surface area contributed by atoms with E-state index >= 15 is 0 Å². The van der Waals surface area contributed by atoms with Crippen molar-refractivity contribution in [2.75, 3.05) is 5.73 Å². The van der Waals surface area contributed by atoms with Crippen LogP contribution in [0.25, 0.3) is 0 Å². The SMILES string of the molecule is CCCC(C)CC(=O)c1ncccc1N. The Morgan fingerprint density at radius 3 is 2.93 bits per heavy atom. The molecule has 0 saturated carbocycles. The predicted molar refractivity (Wildman–Crippen MR) is 61.7 cm³/mol. The number of pyridine rings is 1. The molecule has 1 aromatic rings. The standard InChI is InChI=1S/C12H18N2O/c1-3-5-9(2)8-11(15)12-10(13)6-4-7-14-12/h4,6-7,9H,3,5,8,13H2,1-2H3. The van der Waals surface area contributed by atoms with Gasteiger partial charge >= 0.3 is 0 Å². The van der Waals surface area contributed by atoms with Crippen molar-refractivity contribution in [3.63, 3.8) is 0 Å². The van der Waals surface area contributed by atoms with Crippen LogP contribution in [-0.2, 0) is 0 Å². The Morgan fingerprint density at radius 2 is 2.33 bits per heavy atom. The summed E-state index contributed by atoms with van der Waals surface area (Å²) in [6.07, 6.45) is 4.31. The lowest BCUT2D eigenvalue weighted by molar-refractivity contribution is 0.0958. The molecular formula is C12H18N2O. The minimum atomic E-state index is 0.0500. The zero-order valence-corrected chi connectivity index (χ0v) is 9.36. The van der Waals surface area contributed by atoms with E-state index in [0.29, 0.717) is 23.7 Å². The first-order valence-electron chi connectivity index (χ1n) is 5.38. The molecule has 3 heteroatoms. The monoisotopic (exact) mass is 206 g/mol. The van der Waals surface area contributed by atoms with Gasteiger partial charge in [0.15, 0.2) is 5.78 Å². The van der Waals surface area contributed by atoms with Crippen molar-refractivity contribution in [2.24, 2.45) is 5.92 Å². The first-order chi connectivity index (χ1) is 7.15. The number of Topliss-reactive ketones (excluding diaryl/α,β-unsaturated/α-hetero) is 1. The van der Waals surface area contributed by atoms with E-state index in [2.05, 4.69) is 18.8 Å². The molecule has 0 aliphatic carbocycles. The molecule has 3 nitrogen and oxygen atoms in total. The number of ketones is 1. The number of rotatable bonds is 5. The van der Waals surface area contributed by atoms with Gasteiger partial charge in [-0.15, -0.1) is 0 Å². The molecule has 0 aliphatic heterocycles. The van der Waals surface area contributed by atoms with Crippen LogP contribution in [0.5, 0.6) is 0 Å². The van der Waals surface area contributed by atoms with E-state index in [4.69, 9.17) is 5.73 Å². The fourth-order valence-corrected chi connectivity index (χ4v) is 1.66. The maximum atomic E-state index is 11.8.